The predicted octanol–water partition coefficient (Wildman–Crippen LogP) is 5.39. The number of nitrogens with zero attached hydrogens (tertiary/aromatic N) is 3. The van der Waals surface area contributed by atoms with Crippen molar-refractivity contribution in [3.8, 4) is 11.3 Å². The van der Waals surface area contributed by atoms with E-state index in [0.29, 0.717) is 0 Å². The average Bonchev–Trinajstić information content (AvgIpc) is 2.60. The van der Waals surface area contributed by atoms with Crippen LogP contribution in [0.3, 0.4) is 0 Å². The number of benzene rings is 2. The Morgan fingerprint density at radius 1 is 0.889 bits per heavy atom. The van der Waals surface area contributed by atoms with Crippen LogP contribution in [0.1, 0.15) is 5.56 Å². The standard InChI is InChI=1S/C21H24ClN3.2ClH/c1-24(2)11-12-25(3)15-17-13-20(16-7-5-4-6-8-16)23-21-14-18(22)9-10-19(17)21;;/h4-10,13-14H,11-12,15H2,1-3H3;2*1H. The van der Waals surface area contributed by atoms with E-state index in [-0.39, 0.29) is 24.8 Å². The normalized spacial score (nSPS) is 10.7. The summed E-state index contributed by atoms with van der Waals surface area (Å²) in [6, 6.07) is 18.5. The first-order valence-electron chi connectivity index (χ1n) is 8.51. The lowest BCUT2D eigenvalue weighted by Crippen LogP contribution is -2.28. The van der Waals surface area contributed by atoms with E-state index in [2.05, 4.69) is 55.2 Å². The number of hydrogen-bond acceptors (Lipinski definition) is 3. The van der Waals surface area contributed by atoms with Gasteiger partial charge in [-0.3, -0.25) is 0 Å². The van der Waals surface area contributed by atoms with Crippen molar-refractivity contribution in [1.82, 2.24) is 14.8 Å². The van der Waals surface area contributed by atoms with Crippen LogP contribution < -0.4 is 0 Å². The van der Waals surface area contributed by atoms with Gasteiger partial charge in [-0.05, 0) is 44.9 Å². The maximum Gasteiger partial charge on any atom is 0.0727 e. The van der Waals surface area contributed by atoms with Crippen molar-refractivity contribution in [3.63, 3.8) is 0 Å². The van der Waals surface area contributed by atoms with Crippen molar-refractivity contribution in [2.24, 2.45) is 0 Å². The molecule has 0 aliphatic heterocycles. The highest BCUT2D eigenvalue weighted by Crippen LogP contribution is 2.27. The van der Waals surface area contributed by atoms with Gasteiger partial charge in [-0.25, -0.2) is 4.98 Å². The molecule has 0 atom stereocenters. The molecule has 0 saturated carbocycles. The van der Waals surface area contributed by atoms with Crippen LogP contribution in [0.4, 0.5) is 0 Å². The van der Waals surface area contributed by atoms with Crippen LogP contribution in [0.2, 0.25) is 5.02 Å². The largest absolute Gasteiger partial charge is 0.308 e. The number of aromatic nitrogens is 1. The Labute approximate surface area is 179 Å². The summed E-state index contributed by atoms with van der Waals surface area (Å²) in [7, 11) is 6.37. The quantitative estimate of drug-likeness (QED) is 0.526. The van der Waals surface area contributed by atoms with Crippen molar-refractivity contribution in [2.45, 2.75) is 6.54 Å². The summed E-state index contributed by atoms with van der Waals surface area (Å²) in [5.41, 5.74) is 4.35. The zero-order valence-corrected chi connectivity index (χ0v) is 18.2. The van der Waals surface area contributed by atoms with Crippen LogP contribution in [-0.2, 0) is 6.54 Å². The summed E-state index contributed by atoms with van der Waals surface area (Å²) in [4.78, 5) is 9.39. The van der Waals surface area contributed by atoms with Crippen LogP contribution in [0.5, 0.6) is 0 Å². The molecule has 0 radical (unpaired) electrons. The maximum absolute atomic E-state index is 6.20. The van der Waals surface area contributed by atoms with Crippen LogP contribution in [0.25, 0.3) is 22.2 Å². The van der Waals surface area contributed by atoms with E-state index < -0.39 is 0 Å². The van der Waals surface area contributed by atoms with E-state index in [9.17, 15) is 0 Å². The Balaban J connectivity index is 0.00000182. The van der Waals surface area contributed by atoms with Crippen LogP contribution in [0.15, 0.2) is 54.6 Å². The van der Waals surface area contributed by atoms with Gasteiger partial charge < -0.3 is 9.80 Å². The Morgan fingerprint density at radius 2 is 1.59 bits per heavy atom. The minimum absolute atomic E-state index is 0. The number of halogens is 3. The minimum Gasteiger partial charge on any atom is -0.308 e. The van der Waals surface area contributed by atoms with E-state index in [0.717, 1.165) is 41.4 Å². The molecule has 27 heavy (non-hydrogen) atoms. The lowest BCUT2D eigenvalue weighted by Gasteiger charge is -2.20. The van der Waals surface area contributed by atoms with Crippen LogP contribution in [0, 0.1) is 0 Å². The molecule has 2 aromatic carbocycles. The van der Waals surface area contributed by atoms with Gasteiger partial charge in [0.2, 0.25) is 0 Å². The van der Waals surface area contributed by atoms with E-state index in [1.54, 1.807) is 0 Å². The summed E-state index contributed by atoms with van der Waals surface area (Å²) in [6.45, 7) is 2.94. The molecule has 146 valence electrons. The molecule has 3 rings (SSSR count). The average molecular weight is 427 g/mol. The second-order valence-electron chi connectivity index (χ2n) is 6.74. The molecule has 0 unspecified atom stereocenters. The Hall–Kier alpha value is -1.36. The van der Waals surface area contributed by atoms with Gasteiger partial charge in [0.1, 0.15) is 0 Å². The van der Waals surface area contributed by atoms with Gasteiger partial charge in [-0.15, -0.1) is 24.8 Å². The predicted molar refractivity (Wildman–Crippen MR) is 122 cm³/mol. The minimum atomic E-state index is 0. The summed E-state index contributed by atoms with van der Waals surface area (Å²) >= 11 is 6.20. The third-order valence-electron chi connectivity index (χ3n) is 4.30. The SMILES string of the molecule is CN(C)CCN(C)Cc1cc(-c2ccccc2)nc2cc(Cl)ccc12.Cl.Cl. The molecule has 0 bridgehead atoms. The molecule has 3 nitrogen and oxygen atoms in total. The van der Waals surface area contributed by atoms with Crippen LogP contribution >= 0.6 is 36.4 Å². The number of pyridine rings is 1. The topological polar surface area (TPSA) is 19.4 Å². The van der Waals surface area contributed by atoms with E-state index in [4.69, 9.17) is 16.6 Å². The van der Waals surface area contributed by atoms with E-state index >= 15 is 0 Å². The molecule has 0 N–H and O–H groups in total. The highest BCUT2D eigenvalue weighted by atomic mass is 35.5. The molecule has 6 heteroatoms. The van der Waals surface area contributed by atoms with Gasteiger partial charge in [0.25, 0.3) is 0 Å². The van der Waals surface area contributed by atoms with Gasteiger partial charge >= 0.3 is 0 Å². The first-order valence-corrected chi connectivity index (χ1v) is 8.88. The molecule has 1 aromatic heterocycles. The zero-order chi connectivity index (χ0) is 17.8. The smallest absolute Gasteiger partial charge is 0.0727 e. The van der Waals surface area contributed by atoms with Crippen molar-refractivity contribution in [2.75, 3.05) is 34.2 Å². The molecule has 0 aliphatic rings. The van der Waals surface area contributed by atoms with Gasteiger partial charge in [0.05, 0.1) is 11.2 Å². The van der Waals surface area contributed by atoms with Gasteiger partial charge in [0.15, 0.2) is 0 Å². The fourth-order valence-corrected chi connectivity index (χ4v) is 3.07. The second kappa shape index (κ2) is 10.8. The Morgan fingerprint density at radius 3 is 2.26 bits per heavy atom. The molecule has 0 saturated heterocycles. The summed E-state index contributed by atoms with van der Waals surface area (Å²) in [5, 5.41) is 1.89. The fraction of sp³-hybridized carbons (Fsp3) is 0.286. The third-order valence-corrected chi connectivity index (χ3v) is 4.53. The number of rotatable bonds is 6. The Kier molecular flexibility index (Phi) is 9.51. The number of fused-ring (bicyclic) bond motifs is 1. The lowest BCUT2D eigenvalue weighted by molar-refractivity contribution is 0.277. The molecule has 0 aliphatic carbocycles. The molecule has 3 aromatic rings. The fourth-order valence-electron chi connectivity index (χ4n) is 2.90. The molecule has 0 amide bonds. The van der Waals surface area contributed by atoms with Crippen molar-refractivity contribution >= 4 is 47.3 Å². The van der Waals surface area contributed by atoms with Crippen molar-refractivity contribution in [3.05, 3.63) is 65.2 Å². The summed E-state index contributed by atoms with van der Waals surface area (Å²) < 4.78 is 0. The molecule has 1 heterocycles. The monoisotopic (exact) mass is 425 g/mol. The second-order valence-corrected chi connectivity index (χ2v) is 7.17. The van der Waals surface area contributed by atoms with E-state index in [1.807, 2.05) is 30.3 Å². The zero-order valence-electron chi connectivity index (χ0n) is 15.9. The van der Waals surface area contributed by atoms with Crippen LogP contribution in [-0.4, -0.2) is 49.0 Å². The summed E-state index contributed by atoms with van der Waals surface area (Å²) in [5.74, 6) is 0. The first-order chi connectivity index (χ1) is 12.0. The highest BCUT2D eigenvalue weighted by molar-refractivity contribution is 6.31. The lowest BCUT2D eigenvalue weighted by atomic mass is 10.0. The highest BCUT2D eigenvalue weighted by Gasteiger charge is 2.10. The molecular weight excluding hydrogens is 401 g/mol. The van der Waals surface area contributed by atoms with Gasteiger partial charge in [0, 0.05) is 35.6 Å². The van der Waals surface area contributed by atoms with Gasteiger partial charge in [-0.2, -0.15) is 0 Å². The first kappa shape index (κ1) is 23.7. The molecule has 0 spiro atoms. The van der Waals surface area contributed by atoms with E-state index in [1.165, 1.54) is 10.9 Å². The number of likely N-dealkylation sites (N-methyl/N-ethyl adjacent to an activating group) is 2. The number of hydrogen-bond donors (Lipinski definition) is 0. The van der Waals surface area contributed by atoms with Gasteiger partial charge in [-0.1, -0.05) is 48.0 Å². The van der Waals surface area contributed by atoms with Crippen molar-refractivity contribution in [1.29, 1.82) is 0 Å². The van der Waals surface area contributed by atoms with Crippen molar-refractivity contribution < 1.29 is 0 Å². The summed E-state index contributed by atoms with van der Waals surface area (Å²) in [6.07, 6.45) is 0. The Bertz CT molecular complexity index is 854. The third kappa shape index (κ3) is 6.34. The molecular formula is C21H26Cl3N3. The maximum atomic E-state index is 6.20. The molecule has 0 fully saturated rings.